The van der Waals surface area contributed by atoms with Gasteiger partial charge in [0.1, 0.15) is 11.3 Å². The van der Waals surface area contributed by atoms with Gasteiger partial charge < -0.3 is 15.0 Å². The third-order valence-electron chi connectivity index (χ3n) is 5.33. The maximum absolute atomic E-state index is 12.6. The molecule has 32 heavy (non-hydrogen) atoms. The van der Waals surface area contributed by atoms with Crippen molar-refractivity contribution in [2.24, 2.45) is 4.99 Å². The molecule has 0 saturated carbocycles. The average molecular weight is 429 g/mol. The van der Waals surface area contributed by atoms with Gasteiger partial charge in [-0.05, 0) is 36.8 Å². The highest BCUT2D eigenvalue weighted by atomic mass is 16.4. The number of amides is 1. The average Bonchev–Trinajstić information content (AvgIpc) is 3.22. The lowest BCUT2D eigenvalue weighted by atomic mass is 10.1. The Balaban J connectivity index is 1.48. The summed E-state index contributed by atoms with van der Waals surface area (Å²) in [6.45, 7) is 2.65. The van der Waals surface area contributed by atoms with Crippen molar-refractivity contribution < 1.29 is 14.7 Å². The number of aromatic nitrogens is 3. The number of nitrogens with zero attached hydrogens (tertiary/aromatic N) is 4. The molecule has 2 N–H and O–H groups in total. The van der Waals surface area contributed by atoms with Crippen molar-refractivity contribution in [2.75, 3.05) is 13.6 Å². The third kappa shape index (κ3) is 4.15. The first-order valence-corrected chi connectivity index (χ1v) is 10.2. The Bertz CT molecular complexity index is 1380. The number of benzene rings is 1. The molecule has 0 unspecified atom stereocenters. The number of aromatic carboxylic acids is 1. The maximum Gasteiger partial charge on any atom is 0.352 e. The summed E-state index contributed by atoms with van der Waals surface area (Å²) in [5.41, 5.74) is 4.48. The highest BCUT2D eigenvalue weighted by Gasteiger charge is 2.12. The van der Waals surface area contributed by atoms with Crippen LogP contribution in [0.1, 0.15) is 26.4 Å². The number of hydrogen-bond donors (Lipinski definition) is 2. The van der Waals surface area contributed by atoms with Crippen molar-refractivity contribution in [3.63, 3.8) is 0 Å². The van der Waals surface area contributed by atoms with E-state index in [1.807, 2.05) is 28.8 Å². The van der Waals surface area contributed by atoms with Gasteiger partial charge in [-0.1, -0.05) is 24.3 Å². The molecule has 0 atom stereocenters. The first-order valence-electron chi connectivity index (χ1n) is 10.2. The van der Waals surface area contributed by atoms with E-state index in [4.69, 9.17) is 0 Å². The summed E-state index contributed by atoms with van der Waals surface area (Å²) < 4.78 is 3.53. The zero-order valence-electron chi connectivity index (χ0n) is 17.8. The minimum Gasteiger partial charge on any atom is -0.477 e. The fraction of sp³-hybridized carbons (Fsp3) is 0.167. The Morgan fingerprint density at radius 3 is 2.69 bits per heavy atom. The van der Waals surface area contributed by atoms with Gasteiger partial charge in [0.25, 0.3) is 5.91 Å². The molecular weight excluding hydrogens is 406 g/mol. The Labute approximate surface area is 184 Å². The molecule has 4 rings (SSSR count). The van der Waals surface area contributed by atoms with E-state index in [0.717, 1.165) is 16.8 Å². The molecule has 1 aromatic carbocycles. The summed E-state index contributed by atoms with van der Waals surface area (Å²) in [7, 11) is 1.60. The highest BCUT2D eigenvalue weighted by Crippen LogP contribution is 2.24. The second-order valence-corrected chi connectivity index (χ2v) is 7.35. The fourth-order valence-corrected chi connectivity index (χ4v) is 3.61. The summed E-state index contributed by atoms with van der Waals surface area (Å²) in [5, 5.41) is 12.8. The van der Waals surface area contributed by atoms with Gasteiger partial charge in [-0.25, -0.2) is 9.78 Å². The van der Waals surface area contributed by atoms with Gasteiger partial charge in [0.2, 0.25) is 0 Å². The van der Waals surface area contributed by atoms with Crippen molar-refractivity contribution in [1.82, 2.24) is 19.3 Å². The van der Waals surface area contributed by atoms with E-state index >= 15 is 0 Å². The predicted molar refractivity (Wildman–Crippen MR) is 121 cm³/mol. The maximum atomic E-state index is 12.6. The second kappa shape index (κ2) is 8.89. The van der Waals surface area contributed by atoms with E-state index in [9.17, 15) is 14.7 Å². The van der Waals surface area contributed by atoms with Crippen LogP contribution in [0.15, 0.2) is 72.1 Å². The monoisotopic (exact) mass is 429 g/mol. The van der Waals surface area contributed by atoms with Crippen LogP contribution in [0.3, 0.4) is 0 Å². The van der Waals surface area contributed by atoms with Crippen LogP contribution < -0.4 is 10.7 Å². The number of pyridine rings is 2. The largest absolute Gasteiger partial charge is 0.477 e. The minimum atomic E-state index is -1.05. The molecule has 3 aromatic heterocycles. The number of aryl methyl sites for hydroxylation is 1. The normalized spacial score (nSPS) is 11.6. The fourth-order valence-electron chi connectivity index (χ4n) is 3.61. The van der Waals surface area contributed by atoms with Gasteiger partial charge in [-0.2, -0.15) is 0 Å². The highest BCUT2D eigenvalue weighted by molar-refractivity contribution is 5.95. The number of rotatable bonds is 6. The molecule has 0 aliphatic heterocycles. The van der Waals surface area contributed by atoms with Crippen molar-refractivity contribution in [1.29, 1.82) is 0 Å². The van der Waals surface area contributed by atoms with Crippen molar-refractivity contribution in [3.05, 3.63) is 89.3 Å². The smallest absolute Gasteiger partial charge is 0.352 e. The molecule has 8 nitrogen and oxygen atoms in total. The number of carboxylic acid groups (broad SMARTS) is 1. The standard InChI is InChI=1S/C24H23N5O3/c1-16-5-3-4-6-19(16)21-15-27-22-13-17(7-11-29(21)22)23(30)26-9-12-28-10-8-18(25-2)14-20(28)24(31)32/h3-8,10-11,13-15H,9,12H2,1-2H3,(H,26,30)(H,31,32). The van der Waals surface area contributed by atoms with E-state index in [1.165, 1.54) is 6.07 Å². The molecule has 0 radical (unpaired) electrons. The van der Waals surface area contributed by atoms with Crippen LogP contribution in [0.25, 0.3) is 16.9 Å². The molecule has 4 aromatic rings. The minimum absolute atomic E-state index is 0.116. The Kier molecular flexibility index (Phi) is 5.85. The van der Waals surface area contributed by atoms with Gasteiger partial charge in [0.05, 0.1) is 17.2 Å². The van der Waals surface area contributed by atoms with E-state index in [-0.39, 0.29) is 18.1 Å². The van der Waals surface area contributed by atoms with Crippen LogP contribution in [0.4, 0.5) is 0 Å². The van der Waals surface area contributed by atoms with Crippen LogP contribution in [-0.4, -0.2) is 44.5 Å². The molecule has 8 heteroatoms. The Hall–Kier alpha value is -4.20. The quantitative estimate of drug-likeness (QED) is 0.492. The number of fused-ring (bicyclic) bond motifs is 1. The molecule has 0 spiro atoms. The number of imidazole rings is 1. The summed E-state index contributed by atoms with van der Waals surface area (Å²) in [4.78, 5) is 32.6. The molecule has 0 aliphatic rings. The molecular formula is C24H23N5O3. The number of carbonyl (C=O) groups is 2. The Morgan fingerprint density at radius 2 is 1.94 bits per heavy atom. The van der Waals surface area contributed by atoms with Crippen LogP contribution in [0, 0.1) is 6.92 Å². The van der Waals surface area contributed by atoms with Gasteiger partial charge in [-0.15, -0.1) is 0 Å². The van der Waals surface area contributed by atoms with E-state index in [2.05, 4.69) is 28.3 Å². The van der Waals surface area contributed by atoms with Crippen LogP contribution in [-0.2, 0) is 6.54 Å². The lowest BCUT2D eigenvalue weighted by Crippen LogP contribution is -2.29. The summed E-state index contributed by atoms with van der Waals surface area (Å²) in [5.74, 6) is -1.29. The zero-order chi connectivity index (χ0) is 22.7. The number of hydrogen-bond acceptors (Lipinski definition) is 4. The van der Waals surface area contributed by atoms with Crippen LogP contribution in [0.2, 0.25) is 0 Å². The first kappa shape index (κ1) is 21.0. The number of nitrogens with one attached hydrogen (secondary N) is 1. The third-order valence-corrected chi connectivity index (χ3v) is 5.33. The second-order valence-electron chi connectivity index (χ2n) is 7.35. The topological polar surface area (TPSA) is 101 Å². The van der Waals surface area contributed by atoms with Crippen molar-refractivity contribution in [3.8, 4) is 11.3 Å². The van der Waals surface area contributed by atoms with Gasteiger partial charge >= 0.3 is 5.97 Å². The molecule has 0 fully saturated rings. The summed E-state index contributed by atoms with van der Waals surface area (Å²) in [6.07, 6.45) is 5.29. The lowest BCUT2D eigenvalue weighted by Gasteiger charge is -2.12. The Morgan fingerprint density at radius 1 is 1.12 bits per heavy atom. The molecule has 162 valence electrons. The van der Waals surface area contributed by atoms with E-state index in [1.54, 1.807) is 42.2 Å². The predicted octanol–water partition coefficient (Wildman–Crippen LogP) is 2.77. The molecule has 1 amide bonds. The van der Waals surface area contributed by atoms with Gasteiger partial charge in [0, 0.05) is 43.7 Å². The van der Waals surface area contributed by atoms with Crippen molar-refractivity contribution in [2.45, 2.75) is 13.5 Å². The van der Waals surface area contributed by atoms with E-state index in [0.29, 0.717) is 23.1 Å². The first-order chi connectivity index (χ1) is 15.5. The molecule has 0 aliphatic carbocycles. The van der Waals surface area contributed by atoms with Gasteiger partial charge in [-0.3, -0.25) is 14.2 Å². The van der Waals surface area contributed by atoms with Gasteiger partial charge in [0.15, 0.2) is 0 Å². The SMILES string of the molecule is CN=c1ccn(CCNC(=O)c2ccn3c(-c4ccccc4C)cnc3c2)c(C(=O)O)c1. The number of carboxylic acids is 1. The van der Waals surface area contributed by atoms with E-state index < -0.39 is 5.97 Å². The molecule has 3 heterocycles. The summed E-state index contributed by atoms with van der Waals surface area (Å²) in [6, 6.07) is 14.8. The number of carbonyl (C=O) groups excluding carboxylic acids is 1. The lowest BCUT2D eigenvalue weighted by molar-refractivity contribution is 0.0684. The zero-order valence-corrected chi connectivity index (χ0v) is 17.8. The van der Waals surface area contributed by atoms with Crippen LogP contribution >= 0.6 is 0 Å². The molecule has 0 saturated heterocycles. The van der Waals surface area contributed by atoms with Crippen molar-refractivity contribution >= 4 is 17.5 Å². The molecule has 0 bridgehead atoms. The summed E-state index contributed by atoms with van der Waals surface area (Å²) >= 11 is 0. The van der Waals surface area contributed by atoms with Crippen LogP contribution in [0.5, 0.6) is 0 Å².